The van der Waals surface area contributed by atoms with Crippen LogP contribution >= 0.6 is 0 Å². The number of likely N-dealkylation sites (tertiary alicyclic amines) is 1. The number of nitrogens with zero attached hydrogens (tertiary/aromatic N) is 1. The molecule has 2 N–H and O–H groups in total. The molecule has 1 spiro atoms. The fraction of sp³-hybridized carbons (Fsp3) is 0.800. The van der Waals surface area contributed by atoms with Crippen LogP contribution in [-0.4, -0.2) is 54.9 Å². The van der Waals surface area contributed by atoms with Gasteiger partial charge in [-0.3, -0.25) is 4.79 Å². The van der Waals surface area contributed by atoms with Crippen molar-refractivity contribution in [3.63, 3.8) is 0 Å². The van der Waals surface area contributed by atoms with Crippen molar-refractivity contribution in [2.75, 3.05) is 26.7 Å². The van der Waals surface area contributed by atoms with E-state index in [0.29, 0.717) is 13.1 Å². The fourth-order valence-electron chi connectivity index (χ4n) is 2.57. The molecular formula is C10H16N2O4. The van der Waals surface area contributed by atoms with Crippen molar-refractivity contribution in [2.24, 2.45) is 5.41 Å². The van der Waals surface area contributed by atoms with Crippen molar-refractivity contribution < 1.29 is 19.4 Å². The largest absolute Gasteiger partial charge is 0.480 e. The second kappa shape index (κ2) is 3.93. The molecule has 0 aromatic rings. The summed E-state index contributed by atoms with van der Waals surface area (Å²) in [5.74, 6) is -0.794. The third-order valence-corrected chi connectivity index (χ3v) is 3.71. The third kappa shape index (κ3) is 1.63. The van der Waals surface area contributed by atoms with Crippen LogP contribution in [0, 0.1) is 5.41 Å². The van der Waals surface area contributed by atoms with Gasteiger partial charge in [0.15, 0.2) is 0 Å². The fourth-order valence-corrected chi connectivity index (χ4v) is 2.57. The number of hydrogen-bond acceptors (Lipinski definition) is 4. The van der Waals surface area contributed by atoms with Crippen molar-refractivity contribution in [1.29, 1.82) is 0 Å². The van der Waals surface area contributed by atoms with Crippen LogP contribution in [0.1, 0.15) is 12.8 Å². The highest BCUT2D eigenvalue weighted by molar-refractivity contribution is 5.76. The summed E-state index contributed by atoms with van der Waals surface area (Å²) in [5, 5.41) is 11.9. The summed E-state index contributed by atoms with van der Waals surface area (Å²) >= 11 is 0. The Labute approximate surface area is 93.6 Å². The van der Waals surface area contributed by atoms with Gasteiger partial charge in [0.05, 0.1) is 7.11 Å². The zero-order valence-electron chi connectivity index (χ0n) is 9.23. The van der Waals surface area contributed by atoms with E-state index in [-0.39, 0.29) is 11.5 Å². The molecule has 1 atom stereocenters. The van der Waals surface area contributed by atoms with E-state index >= 15 is 0 Å². The number of rotatable bonds is 1. The predicted octanol–water partition coefficient (Wildman–Crippen LogP) is -0.109. The first-order valence-corrected chi connectivity index (χ1v) is 5.38. The molecule has 1 unspecified atom stereocenters. The van der Waals surface area contributed by atoms with Gasteiger partial charge in [-0.2, -0.15) is 0 Å². The number of carbonyl (C=O) groups excluding carboxylic acids is 1. The maximum absolute atomic E-state index is 11.3. The van der Waals surface area contributed by atoms with Crippen molar-refractivity contribution in [3.8, 4) is 0 Å². The number of carboxylic acid groups (broad SMARTS) is 1. The highest BCUT2D eigenvalue weighted by Gasteiger charge is 2.52. The summed E-state index contributed by atoms with van der Waals surface area (Å²) in [6.07, 6.45) is 1.13. The molecule has 0 aromatic heterocycles. The van der Waals surface area contributed by atoms with Crippen molar-refractivity contribution >= 4 is 12.1 Å². The highest BCUT2D eigenvalue weighted by atomic mass is 16.5. The lowest BCUT2D eigenvalue weighted by Gasteiger charge is -2.52. The topological polar surface area (TPSA) is 78.9 Å². The van der Waals surface area contributed by atoms with Crippen LogP contribution in [0.15, 0.2) is 0 Å². The Morgan fingerprint density at radius 1 is 1.44 bits per heavy atom. The maximum atomic E-state index is 11.3. The summed E-state index contributed by atoms with van der Waals surface area (Å²) < 4.78 is 4.64. The molecule has 2 aliphatic rings. The number of aliphatic carboxylic acids is 1. The first-order chi connectivity index (χ1) is 7.59. The number of amides is 1. The Kier molecular flexibility index (Phi) is 2.75. The molecule has 2 heterocycles. The van der Waals surface area contributed by atoms with E-state index in [1.165, 1.54) is 7.11 Å². The molecular weight excluding hydrogens is 212 g/mol. The van der Waals surface area contributed by atoms with E-state index in [9.17, 15) is 9.59 Å². The summed E-state index contributed by atoms with van der Waals surface area (Å²) in [4.78, 5) is 23.9. The summed E-state index contributed by atoms with van der Waals surface area (Å²) in [6.45, 7) is 1.90. The number of ether oxygens (including phenoxy) is 1. The molecule has 0 aliphatic carbocycles. The lowest BCUT2D eigenvalue weighted by Crippen LogP contribution is -2.68. The summed E-state index contributed by atoms with van der Waals surface area (Å²) in [6, 6.07) is -0.452. The summed E-state index contributed by atoms with van der Waals surface area (Å²) in [5.41, 5.74) is -0.156. The molecule has 0 radical (unpaired) electrons. The van der Waals surface area contributed by atoms with Gasteiger partial charge in [0.2, 0.25) is 0 Å². The lowest BCUT2D eigenvalue weighted by molar-refractivity contribution is -0.150. The SMILES string of the molecule is COC(=O)N1CCC2(CC1)CNC2C(=O)O. The van der Waals surface area contributed by atoms with Crippen molar-refractivity contribution in [1.82, 2.24) is 10.2 Å². The van der Waals surface area contributed by atoms with Crippen molar-refractivity contribution in [2.45, 2.75) is 18.9 Å². The molecule has 2 saturated heterocycles. The molecule has 2 aliphatic heterocycles. The number of hydrogen-bond donors (Lipinski definition) is 2. The van der Waals surface area contributed by atoms with Gasteiger partial charge < -0.3 is 20.1 Å². The van der Waals surface area contributed by atoms with Gasteiger partial charge in [0.25, 0.3) is 0 Å². The third-order valence-electron chi connectivity index (χ3n) is 3.71. The van der Waals surface area contributed by atoms with Gasteiger partial charge in [-0.1, -0.05) is 0 Å². The first-order valence-electron chi connectivity index (χ1n) is 5.38. The van der Waals surface area contributed by atoms with Crippen molar-refractivity contribution in [3.05, 3.63) is 0 Å². The lowest BCUT2D eigenvalue weighted by atomic mass is 9.67. The standard InChI is InChI=1S/C10H16N2O4/c1-16-9(15)12-4-2-10(3-5-12)6-11-7(10)8(13)14/h7,11H,2-6H2,1H3,(H,13,14). The average Bonchev–Trinajstić information content (AvgIpc) is 2.26. The minimum atomic E-state index is -0.794. The van der Waals surface area contributed by atoms with Crippen LogP contribution in [0.2, 0.25) is 0 Å². The zero-order valence-corrected chi connectivity index (χ0v) is 9.23. The number of carbonyl (C=O) groups is 2. The highest BCUT2D eigenvalue weighted by Crippen LogP contribution is 2.40. The molecule has 0 bridgehead atoms. The monoisotopic (exact) mass is 228 g/mol. The Bertz CT molecular complexity index is 310. The molecule has 1 amide bonds. The molecule has 0 saturated carbocycles. The van der Waals surface area contributed by atoms with E-state index in [2.05, 4.69) is 10.1 Å². The van der Waals surface area contributed by atoms with E-state index in [0.717, 1.165) is 19.4 Å². The van der Waals surface area contributed by atoms with Gasteiger partial charge >= 0.3 is 12.1 Å². The second-order valence-corrected chi connectivity index (χ2v) is 4.47. The molecule has 16 heavy (non-hydrogen) atoms. The quantitative estimate of drug-likeness (QED) is 0.654. The number of nitrogens with one attached hydrogen (secondary N) is 1. The van der Waals surface area contributed by atoms with E-state index in [1.807, 2.05) is 0 Å². The predicted molar refractivity (Wildman–Crippen MR) is 55.1 cm³/mol. The van der Waals surface area contributed by atoms with Crippen LogP contribution in [-0.2, 0) is 9.53 Å². The Morgan fingerprint density at radius 2 is 2.06 bits per heavy atom. The molecule has 2 fully saturated rings. The maximum Gasteiger partial charge on any atom is 0.409 e. The molecule has 2 rings (SSSR count). The molecule has 90 valence electrons. The van der Waals surface area contributed by atoms with E-state index in [1.54, 1.807) is 4.90 Å². The Balaban J connectivity index is 1.94. The van der Waals surface area contributed by atoms with Gasteiger partial charge in [-0.05, 0) is 12.8 Å². The van der Waals surface area contributed by atoms with Gasteiger partial charge in [0.1, 0.15) is 6.04 Å². The van der Waals surface area contributed by atoms with Gasteiger partial charge in [0, 0.05) is 25.0 Å². The second-order valence-electron chi connectivity index (χ2n) is 4.47. The van der Waals surface area contributed by atoms with Crippen LogP contribution in [0.3, 0.4) is 0 Å². The smallest absolute Gasteiger partial charge is 0.409 e. The number of methoxy groups -OCH3 is 1. The minimum Gasteiger partial charge on any atom is -0.480 e. The zero-order chi connectivity index (χ0) is 11.8. The van der Waals surface area contributed by atoms with E-state index in [4.69, 9.17) is 5.11 Å². The molecule has 6 heteroatoms. The van der Waals surface area contributed by atoms with E-state index < -0.39 is 12.0 Å². The number of carboxylic acids is 1. The Hall–Kier alpha value is -1.30. The van der Waals surface area contributed by atoms with Gasteiger partial charge in [-0.15, -0.1) is 0 Å². The van der Waals surface area contributed by atoms with Crippen LogP contribution in [0.25, 0.3) is 0 Å². The van der Waals surface area contributed by atoms with Gasteiger partial charge in [-0.25, -0.2) is 4.79 Å². The summed E-state index contributed by atoms with van der Waals surface area (Å²) in [7, 11) is 1.36. The first kappa shape index (κ1) is 11.2. The Morgan fingerprint density at radius 3 is 2.44 bits per heavy atom. The van der Waals surface area contributed by atoms with Crippen LogP contribution < -0.4 is 5.32 Å². The average molecular weight is 228 g/mol. The van der Waals surface area contributed by atoms with Crippen LogP contribution in [0.5, 0.6) is 0 Å². The minimum absolute atomic E-state index is 0.156. The van der Waals surface area contributed by atoms with Crippen LogP contribution in [0.4, 0.5) is 4.79 Å². The molecule has 0 aromatic carbocycles. The molecule has 6 nitrogen and oxygen atoms in total. The normalized spacial score (nSPS) is 27.3. The number of piperidine rings is 1.